The number of ether oxygens (including phenoxy) is 2. The van der Waals surface area contributed by atoms with Gasteiger partial charge in [-0.1, -0.05) is 33.6 Å². The van der Waals surface area contributed by atoms with Crippen LogP contribution in [0.2, 0.25) is 0 Å². The molecule has 0 radical (unpaired) electrons. The first-order chi connectivity index (χ1) is 13.3. The smallest absolute Gasteiger partial charge is 0.276 e. The second-order valence-electron chi connectivity index (χ2n) is 5.52. The molecule has 0 fully saturated rings. The maximum absolute atomic E-state index is 11.9. The molecule has 0 saturated carbocycles. The van der Waals surface area contributed by atoms with Crippen LogP contribution in [0.4, 0.5) is 0 Å². The zero-order valence-corrected chi connectivity index (χ0v) is 18.7. The molecule has 0 spiro atoms. The molecule has 28 heavy (non-hydrogen) atoms. The Morgan fingerprint density at radius 3 is 2.32 bits per heavy atom. The number of carbonyl (C=O) groups is 2. The summed E-state index contributed by atoms with van der Waals surface area (Å²) >= 11 is 11.6. The molecule has 10 heteroatoms. The SMILES string of the molecule is Cc1ccc(OCC(=O)NNC(=S)NC(=O)COc2ccc(Br)cc2Br)cc1. The predicted octanol–water partition coefficient (Wildman–Crippen LogP) is 3.00. The number of thiocarbonyl (C=S) groups is 1. The van der Waals surface area contributed by atoms with E-state index in [1.54, 1.807) is 30.3 Å². The number of hydrogen-bond donors (Lipinski definition) is 3. The molecule has 2 rings (SSSR count). The van der Waals surface area contributed by atoms with Crippen molar-refractivity contribution >= 4 is 61.0 Å². The number of amides is 2. The molecule has 0 aromatic heterocycles. The zero-order valence-electron chi connectivity index (χ0n) is 14.8. The molecule has 2 aromatic carbocycles. The number of carbonyl (C=O) groups excluding carboxylic acids is 2. The third kappa shape index (κ3) is 7.83. The van der Waals surface area contributed by atoms with E-state index in [1.807, 2.05) is 19.1 Å². The molecule has 0 bridgehead atoms. The highest BCUT2D eigenvalue weighted by Crippen LogP contribution is 2.28. The summed E-state index contributed by atoms with van der Waals surface area (Å²) in [7, 11) is 0. The Morgan fingerprint density at radius 1 is 0.964 bits per heavy atom. The number of rotatable bonds is 6. The van der Waals surface area contributed by atoms with Crippen molar-refractivity contribution in [1.29, 1.82) is 0 Å². The summed E-state index contributed by atoms with van der Waals surface area (Å²) in [5.74, 6) is 0.163. The lowest BCUT2D eigenvalue weighted by atomic mass is 10.2. The molecular formula is C18H17Br2N3O4S. The summed E-state index contributed by atoms with van der Waals surface area (Å²) in [5.41, 5.74) is 5.85. The van der Waals surface area contributed by atoms with E-state index in [0.29, 0.717) is 16.0 Å². The summed E-state index contributed by atoms with van der Waals surface area (Å²) in [6.45, 7) is 1.51. The van der Waals surface area contributed by atoms with E-state index in [1.165, 1.54) is 0 Å². The molecule has 3 N–H and O–H groups in total. The lowest BCUT2D eigenvalue weighted by Gasteiger charge is -2.12. The Bertz CT molecular complexity index is 862. The van der Waals surface area contributed by atoms with Crippen LogP contribution in [0.3, 0.4) is 0 Å². The van der Waals surface area contributed by atoms with Crippen molar-refractivity contribution in [3.63, 3.8) is 0 Å². The molecule has 0 heterocycles. The molecule has 0 aliphatic rings. The van der Waals surface area contributed by atoms with Gasteiger partial charge >= 0.3 is 0 Å². The van der Waals surface area contributed by atoms with Crippen LogP contribution in [0.1, 0.15) is 5.56 Å². The third-order valence-electron chi connectivity index (χ3n) is 3.21. The normalized spacial score (nSPS) is 9.96. The Balaban J connectivity index is 1.66. The number of benzene rings is 2. The van der Waals surface area contributed by atoms with Crippen molar-refractivity contribution in [3.8, 4) is 11.5 Å². The number of hydrogen-bond acceptors (Lipinski definition) is 5. The van der Waals surface area contributed by atoms with Gasteiger partial charge in [-0.2, -0.15) is 0 Å². The van der Waals surface area contributed by atoms with E-state index < -0.39 is 11.8 Å². The summed E-state index contributed by atoms with van der Waals surface area (Å²) in [6.07, 6.45) is 0. The van der Waals surface area contributed by atoms with Crippen molar-refractivity contribution < 1.29 is 19.1 Å². The Hall–Kier alpha value is -2.17. The average Bonchev–Trinajstić information content (AvgIpc) is 2.65. The fourth-order valence-electron chi connectivity index (χ4n) is 1.88. The molecule has 2 aromatic rings. The molecule has 2 amide bonds. The molecule has 0 atom stereocenters. The maximum atomic E-state index is 11.9. The number of nitrogens with one attached hydrogen (secondary N) is 3. The summed E-state index contributed by atoms with van der Waals surface area (Å²) in [6, 6.07) is 12.6. The fourth-order valence-corrected chi connectivity index (χ4v) is 3.20. The molecule has 0 saturated heterocycles. The van der Waals surface area contributed by atoms with E-state index >= 15 is 0 Å². The minimum atomic E-state index is -0.475. The van der Waals surface area contributed by atoms with Gasteiger partial charge in [0.15, 0.2) is 18.3 Å². The van der Waals surface area contributed by atoms with Crippen LogP contribution in [-0.4, -0.2) is 30.1 Å². The van der Waals surface area contributed by atoms with Crippen LogP contribution in [0, 0.1) is 6.92 Å². The van der Waals surface area contributed by atoms with Crippen LogP contribution in [0.15, 0.2) is 51.4 Å². The topological polar surface area (TPSA) is 88.7 Å². The van der Waals surface area contributed by atoms with Crippen LogP contribution < -0.4 is 25.6 Å². The van der Waals surface area contributed by atoms with Crippen molar-refractivity contribution in [2.45, 2.75) is 6.92 Å². The highest BCUT2D eigenvalue weighted by Gasteiger charge is 2.09. The van der Waals surface area contributed by atoms with Crippen LogP contribution in [0.25, 0.3) is 0 Å². The van der Waals surface area contributed by atoms with Gasteiger partial charge in [0.05, 0.1) is 4.47 Å². The maximum Gasteiger partial charge on any atom is 0.276 e. The highest BCUT2D eigenvalue weighted by molar-refractivity contribution is 9.11. The van der Waals surface area contributed by atoms with Crippen LogP contribution in [0.5, 0.6) is 11.5 Å². The number of aryl methyl sites for hydroxylation is 1. The van der Waals surface area contributed by atoms with Crippen LogP contribution in [-0.2, 0) is 9.59 Å². The largest absolute Gasteiger partial charge is 0.484 e. The summed E-state index contributed by atoms with van der Waals surface area (Å²) < 4.78 is 12.3. The Labute approximate surface area is 184 Å². The standard InChI is InChI=1S/C18H17Br2N3O4S/c1-11-2-5-13(6-3-11)26-10-17(25)22-23-18(28)21-16(24)9-27-15-7-4-12(19)8-14(15)20/h2-8H,9-10H2,1H3,(H,22,25)(H2,21,23,24,28). The van der Waals surface area contributed by atoms with Crippen molar-refractivity contribution in [1.82, 2.24) is 16.2 Å². The van der Waals surface area contributed by atoms with E-state index in [9.17, 15) is 9.59 Å². The van der Waals surface area contributed by atoms with Crippen molar-refractivity contribution in [2.75, 3.05) is 13.2 Å². The van der Waals surface area contributed by atoms with Gasteiger partial charge in [-0.3, -0.25) is 25.8 Å². The van der Waals surface area contributed by atoms with Gasteiger partial charge in [-0.15, -0.1) is 0 Å². The zero-order chi connectivity index (χ0) is 20.5. The van der Waals surface area contributed by atoms with Gasteiger partial charge in [-0.05, 0) is 65.4 Å². The van der Waals surface area contributed by atoms with Gasteiger partial charge in [-0.25, -0.2) is 0 Å². The number of halogens is 2. The molecule has 0 unspecified atom stereocenters. The number of hydrazine groups is 1. The lowest BCUT2D eigenvalue weighted by molar-refractivity contribution is -0.124. The first-order valence-corrected chi connectivity index (χ1v) is 9.99. The minimum Gasteiger partial charge on any atom is -0.484 e. The second-order valence-corrected chi connectivity index (χ2v) is 7.69. The summed E-state index contributed by atoms with van der Waals surface area (Å²) in [5, 5.41) is 2.33. The van der Waals surface area contributed by atoms with Gasteiger partial charge in [0.1, 0.15) is 11.5 Å². The highest BCUT2D eigenvalue weighted by atomic mass is 79.9. The van der Waals surface area contributed by atoms with Gasteiger partial charge in [0.25, 0.3) is 11.8 Å². The molecule has 0 aliphatic heterocycles. The molecular weight excluding hydrogens is 514 g/mol. The molecule has 0 aliphatic carbocycles. The van der Waals surface area contributed by atoms with Gasteiger partial charge in [0, 0.05) is 4.47 Å². The van der Waals surface area contributed by atoms with Crippen molar-refractivity contribution in [3.05, 3.63) is 57.0 Å². The van der Waals surface area contributed by atoms with Crippen molar-refractivity contribution in [2.24, 2.45) is 0 Å². The van der Waals surface area contributed by atoms with E-state index in [2.05, 4.69) is 48.0 Å². The van der Waals surface area contributed by atoms with Gasteiger partial charge < -0.3 is 9.47 Å². The van der Waals surface area contributed by atoms with E-state index in [0.717, 1.165) is 10.0 Å². The first-order valence-electron chi connectivity index (χ1n) is 7.99. The second kappa shape index (κ2) is 11.0. The quantitative estimate of drug-likeness (QED) is 0.393. The summed E-state index contributed by atoms with van der Waals surface area (Å²) in [4.78, 5) is 23.6. The van der Waals surface area contributed by atoms with Gasteiger partial charge in [0.2, 0.25) is 0 Å². The fraction of sp³-hybridized carbons (Fsp3) is 0.167. The first kappa shape index (κ1) is 22.1. The average molecular weight is 531 g/mol. The third-order valence-corrected chi connectivity index (χ3v) is 4.53. The monoisotopic (exact) mass is 529 g/mol. The molecule has 7 nitrogen and oxygen atoms in total. The molecule has 148 valence electrons. The van der Waals surface area contributed by atoms with E-state index in [-0.39, 0.29) is 18.3 Å². The lowest BCUT2D eigenvalue weighted by Crippen LogP contribution is -2.50. The Morgan fingerprint density at radius 2 is 1.64 bits per heavy atom. The van der Waals surface area contributed by atoms with Crippen LogP contribution >= 0.6 is 44.1 Å². The van der Waals surface area contributed by atoms with E-state index in [4.69, 9.17) is 21.7 Å². The predicted molar refractivity (Wildman–Crippen MR) is 116 cm³/mol. The Kier molecular flexibility index (Phi) is 8.68. The minimum absolute atomic E-state index is 0.0628.